The third-order valence-corrected chi connectivity index (χ3v) is 3.39. The maximum Gasteiger partial charge on any atom is 0.339 e. The van der Waals surface area contributed by atoms with Crippen LogP contribution in [0.3, 0.4) is 0 Å². The Balaban J connectivity index is 2.30. The van der Waals surface area contributed by atoms with Crippen molar-refractivity contribution < 1.29 is 14.3 Å². The van der Waals surface area contributed by atoms with Gasteiger partial charge in [0.05, 0.1) is 17.1 Å². The number of carboxylic acids is 1. The average Bonchev–Trinajstić information content (AvgIpc) is 2.86. The summed E-state index contributed by atoms with van der Waals surface area (Å²) in [6, 6.07) is 15.0. The molecule has 0 amide bonds. The normalized spacial score (nSPS) is 10.6. The summed E-state index contributed by atoms with van der Waals surface area (Å²) in [5.74, 6) is -1.43. The van der Waals surface area contributed by atoms with Gasteiger partial charge in [0.2, 0.25) is 0 Å². The van der Waals surface area contributed by atoms with Crippen LogP contribution in [0.2, 0.25) is 0 Å². The molecular weight excluding hydrogens is 283 g/mol. The van der Waals surface area contributed by atoms with Crippen LogP contribution in [0.1, 0.15) is 16.1 Å². The first kappa shape index (κ1) is 14.0. The lowest BCUT2D eigenvalue weighted by molar-refractivity contribution is 0.0697. The van der Waals surface area contributed by atoms with Crippen molar-refractivity contribution in [2.75, 3.05) is 0 Å². The molecule has 110 valence electrons. The van der Waals surface area contributed by atoms with Gasteiger partial charge in [0.15, 0.2) is 0 Å². The number of rotatable bonds is 3. The van der Waals surface area contributed by atoms with Crippen molar-refractivity contribution in [3.05, 3.63) is 71.7 Å². The van der Waals surface area contributed by atoms with Gasteiger partial charge < -0.3 is 5.11 Å². The summed E-state index contributed by atoms with van der Waals surface area (Å²) in [6.07, 6.45) is 0. The molecule has 22 heavy (non-hydrogen) atoms. The molecule has 0 unspecified atom stereocenters. The Hall–Kier alpha value is -2.95. The van der Waals surface area contributed by atoms with Crippen LogP contribution in [0, 0.1) is 12.7 Å². The number of para-hydroxylation sites is 1. The molecule has 2 aromatic carbocycles. The fourth-order valence-corrected chi connectivity index (χ4v) is 2.41. The van der Waals surface area contributed by atoms with E-state index in [1.807, 2.05) is 30.3 Å². The van der Waals surface area contributed by atoms with Gasteiger partial charge in [0.25, 0.3) is 0 Å². The topological polar surface area (TPSA) is 55.1 Å². The Morgan fingerprint density at radius 2 is 1.73 bits per heavy atom. The van der Waals surface area contributed by atoms with Gasteiger partial charge in [0, 0.05) is 5.56 Å². The summed E-state index contributed by atoms with van der Waals surface area (Å²) >= 11 is 0. The molecule has 0 aliphatic carbocycles. The molecular formula is C17H13FN2O2. The van der Waals surface area contributed by atoms with Gasteiger partial charge in [-0.3, -0.25) is 0 Å². The highest BCUT2D eigenvalue weighted by atomic mass is 19.1. The second-order valence-corrected chi connectivity index (χ2v) is 4.87. The van der Waals surface area contributed by atoms with Gasteiger partial charge >= 0.3 is 5.97 Å². The molecule has 0 aliphatic rings. The van der Waals surface area contributed by atoms with Crippen molar-refractivity contribution in [2.45, 2.75) is 6.92 Å². The van der Waals surface area contributed by atoms with Crippen LogP contribution in [-0.4, -0.2) is 20.9 Å². The minimum Gasteiger partial charge on any atom is -0.478 e. The monoisotopic (exact) mass is 296 g/mol. The molecule has 1 N–H and O–H groups in total. The zero-order valence-corrected chi connectivity index (χ0v) is 11.8. The first-order valence-electron chi connectivity index (χ1n) is 6.72. The van der Waals surface area contributed by atoms with Gasteiger partial charge in [-0.25, -0.2) is 13.9 Å². The van der Waals surface area contributed by atoms with Crippen LogP contribution in [0.25, 0.3) is 16.9 Å². The Morgan fingerprint density at radius 1 is 1.09 bits per heavy atom. The van der Waals surface area contributed by atoms with Gasteiger partial charge in [0.1, 0.15) is 11.4 Å². The second-order valence-electron chi connectivity index (χ2n) is 4.87. The molecule has 0 aliphatic heterocycles. The summed E-state index contributed by atoms with van der Waals surface area (Å²) < 4.78 is 14.7. The molecule has 0 radical (unpaired) electrons. The third kappa shape index (κ3) is 2.37. The van der Waals surface area contributed by atoms with E-state index >= 15 is 0 Å². The van der Waals surface area contributed by atoms with Crippen molar-refractivity contribution in [3.8, 4) is 16.9 Å². The van der Waals surface area contributed by atoms with Crippen molar-refractivity contribution in [1.29, 1.82) is 0 Å². The summed E-state index contributed by atoms with van der Waals surface area (Å²) in [5, 5.41) is 13.8. The van der Waals surface area contributed by atoms with Crippen LogP contribution in [-0.2, 0) is 0 Å². The number of carbonyl (C=O) groups is 1. The van der Waals surface area contributed by atoms with Gasteiger partial charge in [-0.15, -0.1) is 0 Å². The molecule has 0 bridgehead atoms. The van der Waals surface area contributed by atoms with Crippen LogP contribution in [0.15, 0.2) is 54.6 Å². The largest absolute Gasteiger partial charge is 0.478 e. The Labute approximate surface area is 126 Å². The minimum atomic E-state index is -1.06. The molecule has 3 aromatic rings. The van der Waals surface area contributed by atoms with E-state index in [0.717, 1.165) is 5.69 Å². The Kier molecular flexibility index (Phi) is 3.47. The Morgan fingerprint density at radius 3 is 2.32 bits per heavy atom. The predicted octanol–water partition coefficient (Wildman–Crippen LogP) is 3.69. The predicted molar refractivity (Wildman–Crippen MR) is 80.7 cm³/mol. The number of carboxylic acid groups (broad SMARTS) is 1. The number of nitrogens with zero attached hydrogens (tertiary/aromatic N) is 2. The standard InChI is InChI=1S/C17H13FN2O2/c1-11-15(17(21)22)16(12-7-9-13(18)10-8-12)20(19-11)14-5-3-2-4-6-14/h2-10H,1H3,(H,21,22). The number of aromatic carboxylic acids is 1. The van der Waals surface area contributed by atoms with Crippen LogP contribution >= 0.6 is 0 Å². The van der Waals surface area contributed by atoms with Gasteiger partial charge in [-0.05, 0) is 43.3 Å². The number of aryl methyl sites for hydroxylation is 1. The molecule has 0 spiro atoms. The zero-order chi connectivity index (χ0) is 15.7. The van der Waals surface area contributed by atoms with Gasteiger partial charge in [-0.2, -0.15) is 5.10 Å². The first-order valence-corrected chi connectivity index (χ1v) is 6.72. The molecule has 0 fully saturated rings. The van der Waals surface area contributed by atoms with Crippen molar-refractivity contribution in [2.24, 2.45) is 0 Å². The van der Waals surface area contributed by atoms with E-state index in [4.69, 9.17) is 0 Å². The molecule has 0 atom stereocenters. The molecule has 3 rings (SSSR count). The van der Waals surface area contributed by atoms with E-state index in [-0.39, 0.29) is 11.4 Å². The zero-order valence-electron chi connectivity index (χ0n) is 11.8. The number of aromatic nitrogens is 2. The maximum atomic E-state index is 13.2. The Bertz CT molecular complexity index is 824. The third-order valence-electron chi connectivity index (χ3n) is 3.39. The van der Waals surface area contributed by atoms with E-state index in [0.29, 0.717) is 17.0 Å². The average molecular weight is 296 g/mol. The number of hydrogen-bond acceptors (Lipinski definition) is 2. The maximum absolute atomic E-state index is 13.2. The lowest BCUT2D eigenvalue weighted by Gasteiger charge is -2.08. The lowest BCUT2D eigenvalue weighted by Crippen LogP contribution is -2.03. The molecule has 4 nitrogen and oxygen atoms in total. The first-order chi connectivity index (χ1) is 10.6. The molecule has 1 heterocycles. The number of hydrogen-bond donors (Lipinski definition) is 1. The van der Waals surface area contributed by atoms with Crippen LogP contribution in [0.5, 0.6) is 0 Å². The highest BCUT2D eigenvalue weighted by Gasteiger charge is 2.23. The number of halogens is 1. The van der Waals surface area contributed by atoms with E-state index in [2.05, 4.69) is 5.10 Å². The minimum absolute atomic E-state index is 0.121. The summed E-state index contributed by atoms with van der Waals surface area (Å²) in [6.45, 7) is 1.65. The quantitative estimate of drug-likeness (QED) is 0.802. The van der Waals surface area contributed by atoms with Crippen molar-refractivity contribution in [3.63, 3.8) is 0 Å². The number of benzene rings is 2. The van der Waals surface area contributed by atoms with Gasteiger partial charge in [-0.1, -0.05) is 18.2 Å². The molecule has 0 saturated carbocycles. The van der Waals surface area contributed by atoms with E-state index in [9.17, 15) is 14.3 Å². The molecule has 0 saturated heterocycles. The molecule has 1 aromatic heterocycles. The summed E-state index contributed by atoms with van der Waals surface area (Å²) in [5.41, 5.74) is 2.32. The van der Waals surface area contributed by atoms with Crippen molar-refractivity contribution >= 4 is 5.97 Å². The van der Waals surface area contributed by atoms with E-state index in [1.54, 1.807) is 23.7 Å². The SMILES string of the molecule is Cc1nn(-c2ccccc2)c(-c2ccc(F)cc2)c1C(=O)O. The second kappa shape index (κ2) is 5.44. The fourth-order valence-electron chi connectivity index (χ4n) is 2.41. The summed E-state index contributed by atoms with van der Waals surface area (Å²) in [4.78, 5) is 11.6. The van der Waals surface area contributed by atoms with Crippen LogP contribution < -0.4 is 0 Å². The molecule has 5 heteroatoms. The summed E-state index contributed by atoms with van der Waals surface area (Å²) in [7, 11) is 0. The van der Waals surface area contributed by atoms with E-state index < -0.39 is 5.97 Å². The van der Waals surface area contributed by atoms with E-state index in [1.165, 1.54) is 12.1 Å². The van der Waals surface area contributed by atoms with Crippen molar-refractivity contribution in [1.82, 2.24) is 9.78 Å². The highest BCUT2D eigenvalue weighted by Crippen LogP contribution is 2.29. The fraction of sp³-hybridized carbons (Fsp3) is 0.0588. The lowest BCUT2D eigenvalue weighted by atomic mass is 10.1. The smallest absolute Gasteiger partial charge is 0.339 e. The van der Waals surface area contributed by atoms with Crippen LogP contribution in [0.4, 0.5) is 4.39 Å². The highest BCUT2D eigenvalue weighted by molar-refractivity contribution is 5.96.